The predicted octanol–water partition coefficient (Wildman–Crippen LogP) is 1.90. The molecule has 2 saturated heterocycles. The number of benzene rings is 1. The van der Waals surface area contributed by atoms with Crippen molar-refractivity contribution >= 4 is 11.8 Å². The van der Waals surface area contributed by atoms with E-state index < -0.39 is 0 Å². The molecule has 2 unspecified atom stereocenters. The van der Waals surface area contributed by atoms with Crippen LogP contribution in [0.1, 0.15) is 41.6 Å². The van der Waals surface area contributed by atoms with E-state index in [1.165, 1.54) is 0 Å². The number of carbonyl (C=O) groups excluding carboxylic acids is 2. The molecule has 2 atom stereocenters. The van der Waals surface area contributed by atoms with Gasteiger partial charge in [-0.3, -0.25) is 9.59 Å². The van der Waals surface area contributed by atoms with Gasteiger partial charge in [0.05, 0.1) is 23.6 Å². The SMILES string of the molecule is Cc1ccc(-n2ccnc2)c(C(=O)N2CCCC(CNC(=O)C3CCCN3)C2)c1. The molecule has 2 aliphatic rings. The maximum Gasteiger partial charge on any atom is 0.256 e. The summed E-state index contributed by atoms with van der Waals surface area (Å²) in [6, 6.07) is 5.88. The van der Waals surface area contributed by atoms with Crippen LogP contribution in [-0.2, 0) is 4.79 Å². The molecule has 2 aliphatic heterocycles. The normalized spacial score (nSPS) is 21.9. The molecule has 29 heavy (non-hydrogen) atoms. The van der Waals surface area contributed by atoms with Crippen LogP contribution in [-0.4, -0.2) is 58.5 Å². The maximum atomic E-state index is 13.4. The zero-order valence-corrected chi connectivity index (χ0v) is 16.9. The molecule has 154 valence electrons. The Balaban J connectivity index is 1.42. The van der Waals surface area contributed by atoms with E-state index in [4.69, 9.17) is 0 Å². The van der Waals surface area contributed by atoms with Gasteiger partial charge < -0.3 is 20.1 Å². The van der Waals surface area contributed by atoms with E-state index in [9.17, 15) is 9.59 Å². The van der Waals surface area contributed by atoms with E-state index in [-0.39, 0.29) is 17.9 Å². The molecule has 0 spiro atoms. The molecule has 7 nitrogen and oxygen atoms in total. The summed E-state index contributed by atoms with van der Waals surface area (Å²) < 4.78 is 1.88. The van der Waals surface area contributed by atoms with Crippen LogP contribution in [0.3, 0.4) is 0 Å². The molecular formula is C22H29N5O2. The summed E-state index contributed by atoms with van der Waals surface area (Å²) >= 11 is 0. The lowest BCUT2D eigenvalue weighted by Gasteiger charge is -2.33. The van der Waals surface area contributed by atoms with Crippen molar-refractivity contribution in [3.05, 3.63) is 48.0 Å². The molecule has 3 heterocycles. The number of likely N-dealkylation sites (tertiary alicyclic amines) is 1. The van der Waals surface area contributed by atoms with Crippen LogP contribution in [0.25, 0.3) is 5.69 Å². The highest BCUT2D eigenvalue weighted by Crippen LogP contribution is 2.23. The summed E-state index contributed by atoms with van der Waals surface area (Å²) in [5.74, 6) is 0.428. The van der Waals surface area contributed by atoms with E-state index in [1.807, 2.05) is 40.8 Å². The van der Waals surface area contributed by atoms with Gasteiger partial charge >= 0.3 is 0 Å². The van der Waals surface area contributed by atoms with Gasteiger partial charge in [-0.05, 0) is 57.2 Å². The number of piperidine rings is 1. The standard InChI is InChI=1S/C22H29N5O2/c1-16-6-7-20(27-11-9-23-15-27)18(12-16)22(29)26-10-3-4-17(14-26)13-25-21(28)19-5-2-8-24-19/h6-7,9,11-12,15,17,19,24H,2-5,8,10,13-14H2,1H3,(H,25,28). The van der Waals surface area contributed by atoms with Gasteiger partial charge in [-0.25, -0.2) is 4.98 Å². The second-order valence-electron chi connectivity index (χ2n) is 8.14. The molecule has 7 heteroatoms. The number of amides is 2. The number of carbonyl (C=O) groups is 2. The number of nitrogens with one attached hydrogen (secondary N) is 2. The van der Waals surface area contributed by atoms with Crippen molar-refractivity contribution in [2.45, 2.75) is 38.6 Å². The summed E-state index contributed by atoms with van der Waals surface area (Å²) in [6.45, 7) is 4.97. The molecule has 0 bridgehead atoms. The Hall–Kier alpha value is -2.67. The van der Waals surface area contributed by atoms with E-state index in [0.717, 1.165) is 50.0 Å². The Bertz CT molecular complexity index is 858. The molecule has 2 N–H and O–H groups in total. The third-order valence-corrected chi connectivity index (χ3v) is 5.91. The number of hydrogen-bond acceptors (Lipinski definition) is 4. The van der Waals surface area contributed by atoms with Crippen molar-refractivity contribution in [1.82, 2.24) is 25.1 Å². The highest BCUT2D eigenvalue weighted by Gasteiger charge is 2.28. The third-order valence-electron chi connectivity index (χ3n) is 5.91. The molecule has 0 saturated carbocycles. The monoisotopic (exact) mass is 395 g/mol. The average molecular weight is 396 g/mol. The number of rotatable bonds is 5. The first-order valence-electron chi connectivity index (χ1n) is 10.5. The Morgan fingerprint density at radius 3 is 2.93 bits per heavy atom. The molecule has 2 aromatic rings. The van der Waals surface area contributed by atoms with Gasteiger partial charge in [0.2, 0.25) is 5.91 Å². The van der Waals surface area contributed by atoms with Crippen LogP contribution in [0.5, 0.6) is 0 Å². The van der Waals surface area contributed by atoms with E-state index >= 15 is 0 Å². The molecule has 4 rings (SSSR count). The topological polar surface area (TPSA) is 79.3 Å². The van der Waals surface area contributed by atoms with Gasteiger partial charge in [0, 0.05) is 32.0 Å². The zero-order chi connectivity index (χ0) is 20.2. The van der Waals surface area contributed by atoms with E-state index in [2.05, 4.69) is 15.6 Å². The number of hydrogen-bond donors (Lipinski definition) is 2. The first-order chi connectivity index (χ1) is 14.1. The van der Waals surface area contributed by atoms with Crippen molar-refractivity contribution in [3.63, 3.8) is 0 Å². The largest absolute Gasteiger partial charge is 0.354 e. The fraction of sp³-hybridized carbons (Fsp3) is 0.500. The zero-order valence-electron chi connectivity index (χ0n) is 16.9. The molecule has 1 aromatic carbocycles. The van der Waals surface area contributed by atoms with E-state index in [1.54, 1.807) is 12.5 Å². The fourth-order valence-corrected chi connectivity index (χ4v) is 4.31. The Labute approximate surface area is 171 Å². The maximum absolute atomic E-state index is 13.4. The minimum absolute atomic E-state index is 0.0471. The molecule has 0 radical (unpaired) electrons. The lowest BCUT2D eigenvalue weighted by atomic mass is 9.96. The average Bonchev–Trinajstić information content (AvgIpc) is 3.46. The van der Waals surface area contributed by atoms with Crippen molar-refractivity contribution in [2.24, 2.45) is 5.92 Å². The number of nitrogens with zero attached hydrogens (tertiary/aromatic N) is 3. The van der Waals surface area contributed by atoms with Crippen molar-refractivity contribution in [3.8, 4) is 5.69 Å². The summed E-state index contributed by atoms with van der Waals surface area (Å²) in [5, 5.41) is 6.32. The quantitative estimate of drug-likeness (QED) is 0.811. The molecular weight excluding hydrogens is 366 g/mol. The van der Waals surface area contributed by atoms with Crippen molar-refractivity contribution in [2.75, 3.05) is 26.2 Å². The van der Waals surface area contributed by atoms with Gasteiger partial charge in [-0.1, -0.05) is 11.6 Å². The lowest BCUT2D eigenvalue weighted by Crippen LogP contribution is -2.46. The fourth-order valence-electron chi connectivity index (χ4n) is 4.31. The highest BCUT2D eigenvalue weighted by atomic mass is 16.2. The van der Waals surface area contributed by atoms with Gasteiger partial charge in [-0.2, -0.15) is 0 Å². The highest BCUT2D eigenvalue weighted by molar-refractivity contribution is 5.98. The number of aromatic nitrogens is 2. The Kier molecular flexibility index (Phi) is 5.94. The van der Waals surface area contributed by atoms with Crippen molar-refractivity contribution < 1.29 is 9.59 Å². The van der Waals surface area contributed by atoms with Crippen LogP contribution in [0.2, 0.25) is 0 Å². The molecule has 1 aromatic heterocycles. The molecule has 0 aliphatic carbocycles. The molecule has 2 fully saturated rings. The molecule has 2 amide bonds. The summed E-state index contributed by atoms with van der Waals surface area (Å²) in [4.78, 5) is 31.7. The Morgan fingerprint density at radius 2 is 2.17 bits per heavy atom. The second-order valence-corrected chi connectivity index (χ2v) is 8.14. The summed E-state index contributed by atoms with van der Waals surface area (Å²) in [5.41, 5.74) is 2.60. The van der Waals surface area contributed by atoms with Crippen LogP contribution in [0.15, 0.2) is 36.9 Å². The number of imidazole rings is 1. The van der Waals surface area contributed by atoms with Crippen LogP contribution in [0.4, 0.5) is 0 Å². The predicted molar refractivity (Wildman–Crippen MR) is 111 cm³/mol. The summed E-state index contributed by atoms with van der Waals surface area (Å²) in [6.07, 6.45) is 9.24. The Morgan fingerprint density at radius 1 is 1.28 bits per heavy atom. The van der Waals surface area contributed by atoms with E-state index in [0.29, 0.717) is 24.6 Å². The lowest BCUT2D eigenvalue weighted by molar-refractivity contribution is -0.123. The van der Waals surface area contributed by atoms with Crippen molar-refractivity contribution in [1.29, 1.82) is 0 Å². The van der Waals surface area contributed by atoms with Gasteiger partial charge in [0.25, 0.3) is 5.91 Å². The smallest absolute Gasteiger partial charge is 0.256 e. The first kappa shape index (κ1) is 19.6. The third kappa shape index (κ3) is 4.50. The summed E-state index contributed by atoms with van der Waals surface area (Å²) in [7, 11) is 0. The first-order valence-corrected chi connectivity index (χ1v) is 10.5. The van der Waals surface area contributed by atoms with Crippen LogP contribution < -0.4 is 10.6 Å². The minimum atomic E-state index is -0.0543. The minimum Gasteiger partial charge on any atom is -0.354 e. The van der Waals surface area contributed by atoms with Crippen LogP contribution >= 0.6 is 0 Å². The van der Waals surface area contributed by atoms with Gasteiger partial charge in [0.15, 0.2) is 0 Å². The van der Waals surface area contributed by atoms with Gasteiger partial charge in [0.1, 0.15) is 0 Å². The van der Waals surface area contributed by atoms with Crippen LogP contribution in [0, 0.1) is 12.8 Å². The van der Waals surface area contributed by atoms with Gasteiger partial charge in [-0.15, -0.1) is 0 Å². The number of aryl methyl sites for hydroxylation is 1. The second kappa shape index (κ2) is 8.78.